The lowest BCUT2D eigenvalue weighted by atomic mass is 10.0. The van der Waals surface area contributed by atoms with Gasteiger partial charge >= 0.3 is 0 Å². The monoisotopic (exact) mass is 499 g/mol. The van der Waals surface area contributed by atoms with Gasteiger partial charge in [-0.25, -0.2) is 13.1 Å². The van der Waals surface area contributed by atoms with Crippen LogP contribution in [0.1, 0.15) is 31.3 Å². The van der Waals surface area contributed by atoms with Gasteiger partial charge in [-0.1, -0.05) is 31.5 Å². The first-order chi connectivity index (χ1) is 16.7. The fourth-order valence-corrected chi connectivity index (χ4v) is 5.63. The van der Waals surface area contributed by atoms with E-state index < -0.39 is 14.8 Å². The molecule has 0 radical (unpaired) electrons. The number of tetrazole rings is 1. The van der Waals surface area contributed by atoms with Gasteiger partial charge in [-0.2, -0.15) is 0 Å². The largest absolute Gasteiger partial charge is 0.369 e. The molecule has 1 fully saturated rings. The van der Waals surface area contributed by atoms with Gasteiger partial charge in [0.15, 0.2) is 21.5 Å². The third-order valence-electron chi connectivity index (χ3n) is 6.26. The highest BCUT2D eigenvalue weighted by Crippen LogP contribution is 2.30. The molecule has 12 heteroatoms. The number of aryl methyl sites for hydroxylation is 1. The molecular weight excluding hydrogens is 470 g/mol. The van der Waals surface area contributed by atoms with E-state index in [1.807, 2.05) is 6.92 Å². The number of hydrogen-bond donors (Lipinski definition) is 0. The molecule has 0 spiro atoms. The Kier molecular flexibility index (Phi) is 7.13. The summed E-state index contributed by atoms with van der Waals surface area (Å²) in [7, 11) is -3.62. The Morgan fingerprint density at radius 3 is 2.20 bits per heavy atom. The Labute approximate surface area is 204 Å². The van der Waals surface area contributed by atoms with E-state index in [-0.39, 0.29) is 28.4 Å². The van der Waals surface area contributed by atoms with Gasteiger partial charge in [0.1, 0.15) is 0 Å². The minimum atomic E-state index is -3.62. The predicted molar refractivity (Wildman–Crippen MR) is 131 cm³/mol. The van der Waals surface area contributed by atoms with Crippen molar-refractivity contribution < 1.29 is 13.3 Å². The van der Waals surface area contributed by atoms with Crippen LogP contribution in [0.5, 0.6) is 0 Å². The molecule has 1 unspecified atom stereocenters. The van der Waals surface area contributed by atoms with E-state index in [1.165, 1.54) is 16.8 Å². The average molecular weight is 500 g/mol. The summed E-state index contributed by atoms with van der Waals surface area (Å²) in [5, 5.41) is 23.0. The van der Waals surface area contributed by atoms with Gasteiger partial charge < -0.3 is 4.90 Å². The molecule has 35 heavy (non-hydrogen) atoms. The van der Waals surface area contributed by atoms with Crippen LogP contribution in [0.25, 0.3) is 0 Å². The number of benzene rings is 2. The van der Waals surface area contributed by atoms with Crippen LogP contribution in [0.15, 0.2) is 53.4 Å². The second-order valence-electron chi connectivity index (χ2n) is 9.08. The number of piperazine rings is 1. The normalized spacial score (nSPS) is 15.9. The smallest absolute Gasteiger partial charge is 0.269 e. The van der Waals surface area contributed by atoms with E-state index in [9.17, 15) is 18.5 Å². The maximum absolute atomic E-state index is 13.0. The standard InChI is InChI=1S/C23H29N7O4S/c1-17(2)22(28-14-12-27(13-15-28)19-6-8-20(9-7-19)30(31)32)23-24-25-26-29(23)16-35(33,34)21-10-4-18(3)5-11-21/h4-11,17,22H,12-16H2,1-3H3. The summed E-state index contributed by atoms with van der Waals surface area (Å²) in [5.74, 6) is 0.344. The van der Waals surface area contributed by atoms with Crippen LogP contribution < -0.4 is 4.90 Å². The molecule has 2 heterocycles. The van der Waals surface area contributed by atoms with Crippen molar-refractivity contribution in [3.05, 3.63) is 70.0 Å². The lowest BCUT2D eigenvalue weighted by Gasteiger charge is -2.41. The van der Waals surface area contributed by atoms with Crippen LogP contribution in [0.4, 0.5) is 11.4 Å². The van der Waals surface area contributed by atoms with Crippen molar-refractivity contribution in [2.24, 2.45) is 5.92 Å². The second kappa shape index (κ2) is 10.1. The molecule has 186 valence electrons. The molecule has 0 N–H and O–H groups in total. The molecule has 1 aliphatic heterocycles. The Morgan fingerprint density at radius 2 is 1.63 bits per heavy atom. The van der Waals surface area contributed by atoms with E-state index in [1.54, 1.807) is 36.4 Å². The van der Waals surface area contributed by atoms with Crippen molar-refractivity contribution in [3.63, 3.8) is 0 Å². The van der Waals surface area contributed by atoms with Crippen molar-refractivity contribution in [2.45, 2.75) is 37.6 Å². The zero-order valence-corrected chi connectivity index (χ0v) is 20.8. The lowest BCUT2D eigenvalue weighted by Crippen LogP contribution is -2.49. The molecule has 4 rings (SSSR count). The zero-order valence-electron chi connectivity index (χ0n) is 20.0. The Balaban J connectivity index is 1.49. The number of nitro benzene ring substituents is 1. The van der Waals surface area contributed by atoms with Gasteiger partial charge in [0.05, 0.1) is 15.9 Å². The van der Waals surface area contributed by atoms with Gasteiger partial charge in [0, 0.05) is 44.0 Å². The maximum atomic E-state index is 13.0. The Morgan fingerprint density at radius 1 is 1.00 bits per heavy atom. The van der Waals surface area contributed by atoms with Crippen molar-refractivity contribution >= 4 is 21.2 Å². The highest BCUT2D eigenvalue weighted by atomic mass is 32.2. The van der Waals surface area contributed by atoms with E-state index in [4.69, 9.17) is 0 Å². The van der Waals surface area contributed by atoms with E-state index in [0.717, 1.165) is 37.4 Å². The minimum absolute atomic E-state index is 0.0692. The van der Waals surface area contributed by atoms with Crippen LogP contribution in [-0.2, 0) is 15.7 Å². The summed E-state index contributed by atoms with van der Waals surface area (Å²) < 4.78 is 27.4. The quantitative estimate of drug-likeness (QED) is 0.339. The lowest BCUT2D eigenvalue weighted by molar-refractivity contribution is -0.384. The molecule has 0 aliphatic carbocycles. The maximum Gasteiger partial charge on any atom is 0.269 e. The summed E-state index contributed by atoms with van der Waals surface area (Å²) in [4.78, 5) is 15.2. The summed E-state index contributed by atoms with van der Waals surface area (Å²) in [6.45, 7) is 8.94. The summed E-state index contributed by atoms with van der Waals surface area (Å²) in [6.07, 6.45) is 0. The number of hydrogen-bond acceptors (Lipinski definition) is 9. The molecule has 2 aromatic carbocycles. The SMILES string of the molecule is Cc1ccc(S(=O)(=O)Cn2nnnc2C(C(C)C)N2CCN(c3ccc([N+](=O)[O-])cc3)CC2)cc1. The van der Waals surface area contributed by atoms with E-state index >= 15 is 0 Å². The van der Waals surface area contributed by atoms with Crippen molar-refractivity contribution in [1.82, 2.24) is 25.1 Å². The highest BCUT2D eigenvalue weighted by molar-refractivity contribution is 7.90. The number of sulfone groups is 1. The molecule has 3 aromatic rings. The first kappa shape index (κ1) is 24.7. The number of nitrogens with zero attached hydrogens (tertiary/aromatic N) is 7. The highest BCUT2D eigenvalue weighted by Gasteiger charge is 2.32. The fraction of sp³-hybridized carbons (Fsp3) is 0.435. The van der Waals surface area contributed by atoms with Gasteiger partial charge in [-0.05, 0) is 47.5 Å². The van der Waals surface area contributed by atoms with Gasteiger partial charge in [-0.15, -0.1) is 5.10 Å². The Hall–Kier alpha value is -3.38. The third-order valence-corrected chi connectivity index (χ3v) is 7.84. The molecule has 0 bridgehead atoms. The first-order valence-corrected chi connectivity index (χ1v) is 13.1. The fourth-order valence-electron chi connectivity index (χ4n) is 4.42. The molecule has 1 saturated heterocycles. The Bertz CT molecular complexity index is 1270. The molecular formula is C23H29N7O4S. The van der Waals surface area contributed by atoms with Crippen LogP contribution >= 0.6 is 0 Å². The van der Waals surface area contributed by atoms with Crippen molar-refractivity contribution in [1.29, 1.82) is 0 Å². The van der Waals surface area contributed by atoms with Crippen LogP contribution in [0.3, 0.4) is 0 Å². The number of non-ortho nitro benzene ring substituents is 1. The molecule has 11 nitrogen and oxygen atoms in total. The van der Waals surface area contributed by atoms with Crippen molar-refractivity contribution in [2.75, 3.05) is 31.1 Å². The predicted octanol–water partition coefficient (Wildman–Crippen LogP) is 2.84. The molecule has 0 amide bonds. The van der Waals surface area contributed by atoms with Gasteiger partial charge in [0.2, 0.25) is 0 Å². The van der Waals surface area contributed by atoms with Crippen LogP contribution in [0, 0.1) is 23.0 Å². The number of rotatable bonds is 8. The molecule has 1 aromatic heterocycles. The molecule has 0 saturated carbocycles. The topological polar surface area (TPSA) is 127 Å². The molecule has 1 atom stereocenters. The summed E-state index contributed by atoms with van der Waals surface area (Å²) >= 11 is 0. The van der Waals surface area contributed by atoms with E-state index in [2.05, 4.69) is 39.2 Å². The first-order valence-electron chi connectivity index (χ1n) is 11.4. The number of aromatic nitrogens is 4. The van der Waals surface area contributed by atoms with Crippen LogP contribution in [0.2, 0.25) is 0 Å². The third kappa shape index (κ3) is 5.49. The summed E-state index contributed by atoms with van der Waals surface area (Å²) in [5.41, 5.74) is 1.99. The molecule has 1 aliphatic rings. The number of nitro groups is 1. The van der Waals surface area contributed by atoms with Gasteiger partial charge in [0.25, 0.3) is 5.69 Å². The second-order valence-corrected chi connectivity index (χ2v) is 11.0. The summed E-state index contributed by atoms with van der Waals surface area (Å²) in [6, 6.07) is 13.2. The van der Waals surface area contributed by atoms with Crippen LogP contribution in [-0.4, -0.2) is 64.6 Å². The van der Waals surface area contributed by atoms with E-state index in [0.29, 0.717) is 5.82 Å². The van der Waals surface area contributed by atoms with Gasteiger partial charge in [-0.3, -0.25) is 15.0 Å². The van der Waals surface area contributed by atoms with Crippen molar-refractivity contribution in [3.8, 4) is 0 Å². The zero-order chi connectivity index (χ0) is 25.2. The average Bonchev–Trinajstić information content (AvgIpc) is 3.26. The number of anilines is 1. The minimum Gasteiger partial charge on any atom is -0.369 e.